The third-order valence-electron chi connectivity index (χ3n) is 5.31. The molecule has 1 aromatic heterocycles. The van der Waals surface area contributed by atoms with Gasteiger partial charge in [-0.3, -0.25) is 24.6 Å². The van der Waals surface area contributed by atoms with Crippen LogP contribution in [0.2, 0.25) is 0 Å². The second kappa shape index (κ2) is 10.4. The number of amidine groups is 1. The monoisotopic (exact) mass is 455 g/mol. The average molecular weight is 455 g/mol. The summed E-state index contributed by atoms with van der Waals surface area (Å²) in [6, 6.07) is 8.63. The summed E-state index contributed by atoms with van der Waals surface area (Å²) in [5, 5.41) is 19.3. The number of nitrogen functional groups attached to an aromatic ring is 1. The molecule has 11 nitrogen and oxygen atoms in total. The molecule has 33 heavy (non-hydrogen) atoms. The van der Waals surface area contributed by atoms with Crippen LogP contribution in [0.5, 0.6) is 0 Å². The molecule has 0 aliphatic carbocycles. The molecule has 1 atom stereocenters. The van der Waals surface area contributed by atoms with E-state index in [0.717, 1.165) is 0 Å². The number of rotatable bonds is 10. The fourth-order valence-electron chi connectivity index (χ4n) is 3.59. The van der Waals surface area contributed by atoms with Crippen LogP contribution in [0.3, 0.4) is 0 Å². The Labute approximate surface area is 189 Å². The van der Waals surface area contributed by atoms with Crippen LogP contribution in [0.15, 0.2) is 47.1 Å². The van der Waals surface area contributed by atoms with Gasteiger partial charge in [-0.15, -0.1) is 0 Å². The minimum atomic E-state index is -1.11. The molecule has 1 fully saturated rings. The zero-order valence-electron chi connectivity index (χ0n) is 17.8. The molecule has 1 aliphatic rings. The highest BCUT2D eigenvalue weighted by Gasteiger charge is 2.38. The van der Waals surface area contributed by atoms with Gasteiger partial charge >= 0.3 is 17.8 Å². The van der Waals surface area contributed by atoms with Gasteiger partial charge < -0.3 is 30.4 Å². The Bertz CT molecular complexity index is 1030. The highest BCUT2D eigenvalue weighted by molar-refractivity contribution is 6.35. The Hall–Kier alpha value is -4.15. The number of carbonyl (C=O) groups excluding carboxylic acids is 3. The number of carboxylic acid groups (broad SMARTS) is 1. The number of benzene rings is 1. The van der Waals surface area contributed by atoms with Gasteiger partial charge in [0, 0.05) is 37.3 Å². The highest BCUT2D eigenvalue weighted by Crippen LogP contribution is 2.27. The second-order valence-corrected chi connectivity index (χ2v) is 7.52. The predicted molar refractivity (Wildman–Crippen MR) is 116 cm³/mol. The maximum absolute atomic E-state index is 12.7. The lowest BCUT2D eigenvalue weighted by Gasteiger charge is -2.37. The Kier molecular flexibility index (Phi) is 7.44. The summed E-state index contributed by atoms with van der Waals surface area (Å²) in [6.07, 6.45) is 1.46. The predicted octanol–water partition coefficient (Wildman–Crippen LogP) is 0.570. The molecule has 0 radical (unpaired) electrons. The number of carboxylic acids is 1. The maximum atomic E-state index is 12.7. The van der Waals surface area contributed by atoms with Crippen molar-refractivity contribution >= 4 is 29.5 Å². The van der Waals surface area contributed by atoms with Gasteiger partial charge in [0.05, 0.1) is 12.7 Å². The van der Waals surface area contributed by atoms with Crippen molar-refractivity contribution in [3.8, 4) is 0 Å². The van der Waals surface area contributed by atoms with Crippen molar-refractivity contribution in [3.63, 3.8) is 0 Å². The van der Waals surface area contributed by atoms with Crippen molar-refractivity contribution in [2.75, 3.05) is 26.2 Å². The van der Waals surface area contributed by atoms with E-state index in [1.807, 2.05) is 0 Å². The fraction of sp³-hybridized carbons (Fsp3) is 0.318. The van der Waals surface area contributed by atoms with Crippen LogP contribution in [0.1, 0.15) is 40.6 Å². The van der Waals surface area contributed by atoms with Crippen molar-refractivity contribution < 1.29 is 28.7 Å². The van der Waals surface area contributed by atoms with E-state index < -0.39 is 23.8 Å². The molecular formula is C22H25N5O6. The number of nitrogens with one attached hydrogen (secondary N) is 2. The van der Waals surface area contributed by atoms with Gasteiger partial charge in [-0.2, -0.15) is 0 Å². The van der Waals surface area contributed by atoms with Gasteiger partial charge in [0.25, 0.3) is 5.91 Å². The molecule has 11 heteroatoms. The third kappa shape index (κ3) is 5.76. The van der Waals surface area contributed by atoms with Crippen LogP contribution in [0, 0.1) is 5.41 Å². The zero-order chi connectivity index (χ0) is 24.0. The van der Waals surface area contributed by atoms with Crippen LogP contribution in [-0.2, 0) is 14.4 Å². The zero-order valence-corrected chi connectivity index (χ0v) is 17.8. The number of hydrogen-bond acceptors (Lipinski definition) is 6. The summed E-state index contributed by atoms with van der Waals surface area (Å²) in [7, 11) is 0. The van der Waals surface area contributed by atoms with Gasteiger partial charge in [-0.1, -0.05) is 12.1 Å². The van der Waals surface area contributed by atoms with E-state index in [1.54, 1.807) is 36.4 Å². The van der Waals surface area contributed by atoms with Crippen molar-refractivity contribution in [2.24, 2.45) is 5.73 Å². The Morgan fingerprint density at radius 1 is 1.12 bits per heavy atom. The van der Waals surface area contributed by atoms with E-state index in [0.29, 0.717) is 29.9 Å². The van der Waals surface area contributed by atoms with E-state index in [9.17, 15) is 24.3 Å². The van der Waals surface area contributed by atoms with Crippen LogP contribution in [0.25, 0.3) is 0 Å². The smallest absolute Gasteiger partial charge is 0.312 e. The van der Waals surface area contributed by atoms with Crippen molar-refractivity contribution in [1.82, 2.24) is 15.1 Å². The fourth-order valence-corrected chi connectivity index (χ4v) is 3.59. The van der Waals surface area contributed by atoms with Gasteiger partial charge in [0.1, 0.15) is 17.6 Å². The Morgan fingerprint density at radius 2 is 1.82 bits per heavy atom. The van der Waals surface area contributed by atoms with Crippen LogP contribution in [-0.4, -0.2) is 70.6 Å². The summed E-state index contributed by atoms with van der Waals surface area (Å²) in [5.41, 5.74) is 6.33. The van der Waals surface area contributed by atoms with Crippen LogP contribution in [0.4, 0.5) is 0 Å². The van der Waals surface area contributed by atoms with E-state index >= 15 is 0 Å². The van der Waals surface area contributed by atoms with Crippen molar-refractivity contribution in [2.45, 2.75) is 18.9 Å². The highest BCUT2D eigenvalue weighted by atomic mass is 16.4. The first-order chi connectivity index (χ1) is 15.8. The Balaban J connectivity index is 1.50. The number of piperazine rings is 1. The van der Waals surface area contributed by atoms with Crippen LogP contribution < -0.4 is 11.1 Å². The molecule has 1 aromatic carbocycles. The number of amides is 3. The van der Waals surface area contributed by atoms with Gasteiger partial charge in [-0.25, -0.2) is 0 Å². The van der Waals surface area contributed by atoms with E-state index in [4.69, 9.17) is 15.6 Å². The lowest BCUT2D eigenvalue weighted by atomic mass is 10.1. The maximum Gasteiger partial charge on any atom is 0.312 e. The summed E-state index contributed by atoms with van der Waals surface area (Å²) in [4.78, 5) is 51.3. The number of hydrogen-bond donors (Lipinski definition) is 4. The molecule has 3 amide bonds. The SMILES string of the molecule is N=C(N)c1ccc(C(=O)NCCCN2CCN(C(CC(=O)O)c3ccco3)C(=O)C2=O)cc1. The molecule has 0 bridgehead atoms. The molecule has 1 aliphatic heterocycles. The first kappa shape index (κ1) is 23.5. The number of furan rings is 1. The molecule has 3 rings (SSSR count). The molecule has 1 unspecified atom stereocenters. The largest absolute Gasteiger partial charge is 0.481 e. The molecule has 0 saturated carbocycles. The molecule has 0 spiro atoms. The average Bonchev–Trinajstić information content (AvgIpc) is 3.32. The molecular weight excluding hydrogens is 430 g/mol. The summed E-state index contributed by atoms with van der Waals surface area (Å²) >= 11 is 0. The Morgan fingerprint density at radius 3 is 2.42 bits per heavy atom. The van der Waals surface area contributed by atoms with Crippen LogP contribution >= 0.6 is 0 Å². The molecule has 174 valence electrons. The summed E-state index contributed by atoms with van der Waals surface area (Å²) < 4.78 is 5.28. The van der Waals surface area contributed by atoms with Gasteiger partial charge in [0.2, 0.25) is 0 Å². The molecule has 1 saturated heterocycles. The minimum absolute atomic E-state index is 0.0836. The van der Waals surface area contributed by atoms with Crippen molar-refractivity contribution in [3.05, 3.63) is 59.5 Å². The molecule has 5 N–H and O–H groups in total. The number of aliphatic carboxylic acids is 1. The van der Waals surface area contributed by atoms with Crippen molar-refractivity contribution in [1.29, 1.82) is 5.41 Å². The van der Waals surface area contributed by atoms with E-state index in [2.05, 4.69) is 5.32 Å². The quantitative estimate of drug-likeness (QED) is 0.176. The normalized spacial score (nSPS) is 14.8. The third-order valence-corrected chi connectivity index (χ3v) is 5.31. The number of nitrogens with two attached hydrogens (primary N) is 1. The molecule has 2 heterocycles. The molecule has 2 aromatic rings. The summed E-state index contributed by atoms with van der Waals surface area (Å²) in [6.45, 7) is 0.995. The van der Waals surface area contributed by atoms with Gasteiger partial charge in [0.15, 0.2) is 0 Å². The van der Waals surface area contributed by atoms with E-state index in [-0.39, 0.29) is 37.8 Å². The number of carbonyl (C=O) groups is 4. The lowest BCUT2D eigenvalue weighted by Crippen LogP contribution is -2.55. The lowest BCUT2D eigenvalue weighted by molar-refractivity contribution is -0.159. The standard InChI is InChI=1S/C22H25N5O6/c23-19(24)14-4-6-15(7-5-14)20(30)25-8-2-9-26-10-11-27(22(32)21(26)31)16(13-18(28)29)17-3-1-12-33-17/h1,3-7,12,16H,2,8-11,13H2,(H3,23,24)(H,25,30)(H,28,29). The first-order valence-corrected chi connectivity index (χ1v) is 10.4. The van der Waals surface area contributed by atoms with E-state index in [1.165, 1.54) is 16.1 Å². The first-order valence-electron chi connectivity index (χ1n) is 10.4. The van der Waals surface area contributed by atoms with Gasteiger partial charge in [-0.05, 0) is 30.7 Å². The topological polar surface area (TPSA) is 170 Å². The number of nitrogens with zero attached hydrogens (tertiary/aromatic N) is 2. The summed E-state index contributed by atoms with van der Waals surface area (Å²) in [5.74, 6) is -2.67. The minimum Gasteiger partial charge on any atom is -0.481 e. The second-order valence-electron chi connectivity index (χ2n) is 7.52.